The molecule has 2 rings (SSSR count). The molecule has 1 unspecified atom stereocenters. The molecule has 1 aromatic rings. The second-order valence-corrected chi connectivity index (χ2v) is 6.05. The van der Waals surface area contributed by atoms with Gasteiger partial charge in [-0.3, -0.25) is 0 Å². The van der Waals surface area contributed by atoms with Crippen LogP contribution in [0.25, 0.3) is 0 Å². The van der Waals surface area contributed by atoms with Crippen molar-refractivity contribution in [2.24, 2.45) is 5.92 Å². The summed E-state index contributed by atoms with van der Waals surface area (Å²) in [6.07, 6.45) is 4.98. The molecule has 110 valence electrons. The molecule has 0 aliphatic heterocycles. The van der Waals surface area contributed by atoms with Crippen LogP contribution in [-0.4, -0.2) is 30.0 Å². The van der Waals surface area contributed by atoms with Gasteiger partial charge in [-0.2, -0.15) is 11.8 Å². The van der Waals surface area contributed by atoms with Crippen molar-refractivity contribution in [1.29, 1.82) is 0 Å². The number of hydrogen-bond acceptors (Lipinski definition) is 3. The van der Waals surface area contributed by atoms with E-state index in [0.717, 1.165) is 24.3 Å². The quantitative estimate of drug-likeness (QED) is 0.724. The number of hydrogen-bond donors (Lipinski definition) is 3. The van der Waals surface area contributed by atoms with Gasteiger partial charge in [-0.25, -0.2) is 4.79 Å². The summed E-state index contributed by atoms with van der Waals surface area (Å²) < 4.78 is 0. The number of aliphatic hydroxyl groups is 1. The molecular weight excluding hydrogens is 272 g/mol. The average molecular weight is 294 g/mol. The van der Waals surface area contributed by atoms with E-state index in [-0.39, 0.29) is 18.7 Å². The number of nitrogens with one attached hydrogen (secondary N) is 2. The van der Waals surface area contributed by atoms with Crippen LogP contribution in [0.3, 0.4) is 0 Å². The van der Waals surface area contributed by atoms with Gasteiger partial charge in [0.1, 0.15) is 0 Å². The summed E-state index contributed by atoms with van der Waals surface area (Å²) in [6.45, 7) is 0.116. The van der Waals surface area contributed by atoms with E-state index in [0.29, 0.717) is 12.3 Å². The molecule has 2 amide bonds. The van der Waals surface area contributed by atoms with E-state index in [1.807, 2.05) is 18.2 Å². The third-order valence-electron chi connectivity index (χ3n) is 3.44. The molecule has 1 aromatic carbocycles. The summed E-state index contributed by atoms with van der Waals surface area (Å²) in [5.41, 5.74) is 2.01. The predicted molar refractivity (Wildman–Crippen MR) is 84.0 cm³/mol. The molecule has 4 nitrogen and oxygen atoms in total. The Morgan fingerprint density at radius 1 is 1.50 bits per heavy atom. The highest BCUT2D eigenvalue weighted by Gasteiger charge is 2.31. The summed E-state index contributed by atoms with van der Waals surface area (Å²) in [6, 6.07) is 7.80. The fourth-order valence-electron chi connectivity index (χ4n) is 2.30. The number of rotatable bonds is 7. The molecule has 3 N–H and O–H groups in total. The number of carbonyl (C=O) groups is 1. The van der Waals surface area contributed by atoms with E-state index in [1.165, 1.54) is 5.56 Å². The standard InChI is InChI=1S/C15H22N2O2S/c1-20-10-11-3-2-4-13(9-11)16-15(19)17-14(7-8-18)12-5-6-12/h2-4,9,12,14,18H,5-8,10H2,1H3,(H2,16,17,19). The minimum absolute atomic E-state index is 0.0920. The first-order chi connectivity index (χ1) is 9.72. The smallest absolute Gasteiger partial charge is 0.319 e. The Hall–Kier alpha value is -1.20. The van der Waals surface area contributed by atoms with Gasteiger partial charge in [0.2, 0.25) is 0 Å². The molecule has 0 heterocycles. The molecule has 1 aliphatic rings. The van der Waals surface area contributed by atoms with Crippen LogP contribution in [-0.2, 0) is 5.75 Å². The monoisotopic (exact) mass is 294 g/mol. The van der Waals surface area contributed by atoms with E-state index in [4.69, 9.17) is 5.11 Å². The molecule has 0 spiro atoms. The van der Waals surface area contributed by atoms with E-state index in [9.17, 15) is 4.79 Å². The van der Waals surface area contributed by atoms with E-state index >= 15 is 0 Å². The Balaban J connectivity index is 1.88. The maximum absolute atomic E-state index is 12.0. The maximum Gasteiger partial charge on any atom is 0.319 e. The molecule has 5 heteroatoms. The maximum atomic E-state index is 12.0. The predicted octanol–water partition coefficient (Wildman–Crippen LogP) is 2.83. The number of thioether (sulfide) groups is 1. The minimum Gasteiger partial charge on any atom is -0.396 e. The molecule has 0 radical (unpaired) electrons. The van der Waals surface area contributed by atoms with Crippen molar-refractivity contribution in [1.82, 2.24) is 5.32 Å². The third kappa shape index (κ3) is 4.72. The van der Waals surface area contributed by atoms with E-state index < -0.39 is 0 Å². The van der Waals surface area contributed by atoms with Crippen LogP contribution in [0.4, 0.5) is 10.5 Å². The number of anilines is 1. The van der Waals surface area contributed by atoms with Gasteiger partial charge >= 0.3 is 6.03 Å². The average Bonchev–Trinajstić information content (AvgIpc) is 3.23. The van der Waals surface area contributed by atoms with Gasteiger partial charge in [0.25, 0.3) is 0 Å². The Morgan fingerprint density at radius 3 is 2.95 bits per heavy atom. The summed E-state index contributed by atoms with van der Waals surface area (Å²) in [7, 11) is 0. The zero-order valence-corrected chi connectivity index (χ0v) is 12.6. The Morgan fingerprint density at radius 2 is 2.30 bits per heavy atom. The molecule has 0 saturated heterocycles. The number of benzene rings is 1. The fraction of sp³-hybridized carbons (Fsp3) is 0.533. The Kier molecular flexibility index (Phi) is 5.73. The van der Waals surface area contributed by atoms with Crippen LogP contribution in [0.1, 0.15) is 24.8 Å². The number of aliphatic hydroxyl groups excluding tert-OH is 1. The first-order valence-corrected chi connectivity index (χ1v) is 8.38. The van der Waals surface area contributed by atoms with Gasteiger partial charge in [-0.1, -0.05) is 12.1 Å². The molecule has 1 saturated carbocycles. The zero-order valence-electron chi connectivity index (χ0n) is 11.8. The zero-order chi connectivity index (χ0) is 14.4. The SMILES string of the molecule is CSCc1cccc(NC(=O)NC(CCO)C2CC2)c1. The van der Waals surface area contributed by atoms with Gasteiger partial charge in [0, 0.05) is 24.1 Å². The molecule has 1 atom stereocenters. The van der Waals surface area contributed by atoms with Gasteiger partial charge in [-0.05, 0) is 49.1 Å². The van der Waals surface area contributed by atoms with Crippen LogP contribution in [0.15, 0.2) is 24.3 Å². The van der Waals surface area contributed by atoms with Crippen LogP contribution in [0, 0.1) is 5.92 Å². The lowest BCUT2D eigenvalue weighted by Gasteiger charge is -2.17. The summed E-state index contributed by atoms with van der Waals surface area (Å²) >= 11 is 1.76. The van der Waals surface area contributed by atoms with Crippen molar-refractivity contribution in [3.8, 4) is 0 Å². The van der Waals surface area contributed by atoms with Gasteiger partial charge in [0.15, 0.2) is 0 Å². The molecular formula is C15H22N2O2S. The molecule has 0 bridgehead atoms. The van der Waals surface area contributed by atoms with E-state index in [2.05, 4.69) is 23.0 Å². The Labute approximate surface area is 124 Å². The molecule has 1 aliphatic carbocycles. The van der Waals surface area contributed by atoms with Crippen LogP contribution in [0.2, 0.25) is 0 Å². The van der Waals surface area contributed by atoms with Crippen molar-refractivity contribution in [2.75, 3.05) is 18.2 Å². The first kappa shape index (κ1) is 15.2. The Bertz CT molecular complexity index is 449. The summed E-state index contributed by atoms with van der Waals surface area (Å²) in [4.78, 5) is 12.0. The highest BCUT2D eigenvalue weighted by Crippen LogP contribution is 2.33. The van der Waals surface area contributed by atoms with Gasteiger partial charge in [0.05, 0.1) is 0 Å². The fourth-order valence-corrected chi connectivity index (χ4v) is 2.82. The highest BCUT2D eigenvalue weighted by molar-refractivity contribution is 7.97. The van der Waals surface area contributed by atoms with Crippen molar-refractivity contribution in [2.45, 2.75) is 31.1 Å². The molecule has 0 aromatic heterocycles. The van der Waals surface area contributed by atoms with E-state index in [1.54, 1.807) is 11.8 Å². The van der Waals surface area contributed by atoms with Gasteiger partial charge in [-0.15, -0.1) is 0 Å². The second-order valence-electron chi connectivity index (χ2n) is 5.19. The largest absolute Gasteiger partial charge is 0.396 e. The highest BCUT2D eigenvalue weighted by atomic mass is 32.2. The summed E-state index contributed by atoms with van der Waals surface area (Å²) in [5.74, 6) is 1.47. The van der Waals surface area contributed by atoms with Crippen LogP contribution in [0.5, 0.6) is 0 Å². The van der Waals surface area contributed by atoms with Crippen molar-refractivity contribution in [3.05, 3.63) is 29.8 Å². The normalized spacial score (nSPS) is 15.7. The second kappa shape index (κ2) is 7.55. The topological polar surface area (TPSA) is 61.4 Å². The first-order valence-electron chi connectivity index (χ1n) is 6.99. The van der Waals surface area contributed by atoms with Crippen molar-refractivity contribution >= 4 is 23.5 Å². The molecule has 20 heavy (non-hydrogen) atoms. The third-order valence-corrected chi connectivity index (χ3v) is 4.07. The molecule has 1 fully saturated rings. The number of carbonyl (C=O) groups excluding carboxylic acids is 1. The lowest BCUT2D eigenvalue weighted by atomic mass is 10.1. The van der Waals surface area contributed by atoms with Gasteiger partial charge < -0.3 is 15.7 Å². The van der Waals surface area contributed by atoms with Crippen molar-refractivity contribution < 1.29 is 9.90 Å². The van der Waals surface area contributed by atoms with Crippen LogP contribution >= 0.6 is 11.8 Å². The lowest BCUT2D eigenvalue weighted by Crippen LogP contribution is -2.39. The number of urea groups is 1. The number of amides is 2. The summed E-state index contributed by atoms with van der Waals surface area (Å²) in [5, 5.41) is 14.9. The minimum atomic E-state index is -0.184. The van der Waals surface area contributed by atoms with Crippen molar-refractivity contribution in [3.63, 3.8) is 0 Å². The lowest BCUT2D eigenvalue weighted by molar-refractivity contribution is 0.234. The van der Waals surface area contributed by atoms with Crippen LogP contribution < -0.4 is 10.6 Å².